The Balaban J connectivity index is 1.49. The van der Waals surface area contributed by atoms with Gasteiger partial charge in [0.1, 0.15) is 11.0 Å². The van der Waals surface area contributed by atoms with Gasteiger partial charge in [-0.25, -0.2) is 4.68 Å². The third-order valence-electron chi connectivity index (χ3n) is 5.39. The molecule has 0 radical (unpaired) electrons. The van der Waals surface area contributed by atoms with Crippen molar-refractivity contribution in [3.63, 3.8) is 0 Å². The normalized spacial score (nSPS) is 16.9. The fourth-order valence-electron chi connectivity index (χ4n) is 3.76. The second-order valence-electron chi connectivity index (χ2n) is 7.65. The van der Waals surface area contributed by atoms with Gasteiger partial charge in [-0.15, -0.1) is 10.2 Å². The molecular weight excluding hydrogens is 470 g/mol. The number of thioether (sulfide) groups is 1. The molecule has 1 aliphatic heterocycles. The molecule has 0 saturated heterocycles. The Morgan fingerprint density at radius 1 is 1.06 bits per heavy atom. The number of rotatable bonds is 6. The molecule has 2 heterocycles. The molecule has 34 heavy (non-hydrogen) atoms. The molecule has 2 N–H and O–H groups in total. The predicted molar refractivity (Wildman–Crippen MR) is 135 cm³/mol. The molecular formula is C25H22ClN5O2S. The average Bonchev–Trinajstić information content (AvgIpc) is 3.29. The Hall–Kier alpha value is -3.49. The van der Waals surface area contributed by atoms with Gasteiger partial charge in [-0.05, 0) is 48.9 Å². The van der Waals surface area contributed by atoms with Crippen LogP contribution in [0.25, 0.3) is 11.4 Å². The fourth-order valence-corrected chi connectivity index (χ4v) is 4.97. The van der Waals surface area contributed by atoms with Crippen LogP contribution in [0.15, 0.2) is 84.0 Å². The lowest BCUT2D eigenvalue weighted by molar-refractivity contribution is -0.116. The summed E-state index contributed by atoms with van der Waals surface area (Å²) < 4.78 is 7.45. The van der Waals surface area contributed by atoms with Crippen molar-refractivity contribution in [2.45, 2.75) is 23.4 Å². The molecule has 5 rings (SSSR count). The lowest BCUT2D eigenvalue weighted by Gasteiger charge is -2.33. The maximum absolute atomic E-state index is 13.4. The first kappa shape index (κ1) is 22.3. The van der Waals surface area contributed by atoms with Gasteiger partial charge in [0.15, 0.2) is 5.82 Å². The Morgan fingerprint density at radius 2 is 1.79 bits per heavy atom. The zero-order valence-corrected chi connectivity index (χ0v) is 19.9. The van der Waals surface area contributed by atoms with Crippen LogP contribution in [0.4, 0.5) is 5.69 Å². The third kappa shape index (κ3) is 4.60. The second-order valence-corrected chi connectivity index (χ2v) is 9.20. The van der Waals surface area contributed by atoms with E-state index < -0.39 is 5.25 Å². The van der Waals surface area contributed by atoms with Gasteiger partial charge < -0.3 is 15.5 Å². The Kier molecular flexibility index (Phi) is 6.42. The quantitative estimate of drug-likeness (QED) is 0.376. The summed E-state index contributed by atoms with van der Waals surface area (Å²) in [4.78, 5) is 13.4. The summed E-state index contributed by atoms with van der Waals surface area (Å²) >= 11 is 7.37. The highest BCUT2D eigenvalue weighted by atomic mass is 35.5. The van der Waals surface area contributed by atoms with Gasteiger partial charge in [0.25, 0.3) is 0 Å². The number of benzene rings is 3. The van der Waals surface area contributed by atoms with E-state index in [0.717, 1.165) is 16.9 Å². The van der Waals surface area contributed by atoms with E-state index in [0.29, 0.717) is 28.3 Å². The number of nitrogens with zero attached hydrogens (tertiary/aromatic N) is 3. The first-order valence-corrected chi connectivity index (χ1v) is 12.1. The first-order chi connectivity index (χ1) is 16.6. The highest BCUT2D eigenvalue weighted by Crippen LogP contribution is 2.39. The fraction of sp³-hybridized carbons (Fsp3) is 0.160. The molecule has 0 unspecified atom stereocenters. The van der Waals surface area contributed by atoms with E-state index in [1.807, 2.05) is 66.2 Å². The molecule has 0 spiro atoms. The van der Waals surface area contributed by atoms with E-state index in [2.05, 4.69) is 20.9 Å². The van der Waals surface area contributed by atoms with Crippen LogP contribution >= 0.6 is 23.4 Å². The van der Waals surface area contributed by atoms with Gasteiger partial charge in [0.05, 0.1) is 12.6 Å². The van der Waals surface area contributed by atoms with E-state index in [1.54, 1.807) is 24.3 Å². The van der Waals surface area contributed by atoms with Gasteiger partial charge in [-0.2, -0.15) is 0 Å². The second kappa shape index (κ2) is 9.79. The van der Waals surface area contributed by atoms with Crippen LogP contribution in [-0.4, -0.2) is 32.6 Å². The summed E-state index contributed by atoms with van der Waals surface area (Å²) in [6, 6.07) is 24.3. The molecule has 1 aliphatic rings. The number of hydrogen-bond acceptors (Lipinski definition) is 6. The van der Waals surface area contributed by atoms with E-state index in [9.17, 15) is 4.79 Å². The van der Waals surface area contributed by atoms with Crippen LogP contribution in [0.2, 0.25) is 5.02 Å². The molecule has 0 aliphatic carbocycles. The van der Waals surface area contributed by atoms with E-state index >= 15 is 0 Å². The molecule has 4 aromatic rings. The van der Waals surface area contributed by atoms with Gasteiger partial charge in [-0.1, -0.05) is 65.8 Å². The van der Waals surface area contributed by atoms with Crippen molar-refractivity contribution >= 4 is 35.0 Å². The van der Waals surface area contributed by atoms with Gasteiger partial charge in [-0.3, -0.25) is 4.79 Å². The highest BCUT2D eigenvalue weighted by Gasteiger charge is 2.38. The molecule has 1 aromatic heterocycles. The van der Waals surface area contributed by atoms with Crippen molar-refractivity contribution in [1.29, 1.82) is 0 Å². The third-order valence-corrected chi connectivity index (χ3v) is 6.86. The van der Waals surface area contributed by atoms with Gasteiger partial charge >= 0.3 is 0 Å². The zero-order valence-electron chi connectivity index (χ0n) is 18.3. The number of halogens is 1. The van der Waals surface area contributed by atoms with Crippen molar-refractivity contribution in [2.24, 2.45) is 0 Å². The Bertz CT molecular complexity index is 1280. The van der Waals surface area contributed by atoms with Crippen molar-refractivity contribution < 1.29 is 9.53 Å². The van der Waals surface area contributed by atoms with Crippen LogP contribution in [-0.2, 0) is 4.79 Å². The molecule has 0 bridgehead atoms. The smallest absolute Gasteiger partial charge is 0.240 e. The summed E-state index contributed by atoms with van der Waals surface area (Å²) in [6.07, 6.45) is 0. The maximum atomic E-state index is 13.4. The number of hydrogen-bond donors (Lipinski definition) is 2. The Labute approximate surface area is 206 Å². The van der Waals surface area contributed by atoms with Crippen molar-refractivity contribution in [3.05, 3.63) is 89.4 Å². The monoisotopic (exact) mass is 491 g/mol. The molecule has 2 atom stereocenters. The zero-order chi connectivity index (χ0) is 23.5. The van der Waals surface area contributed by atoms with Crippen LogP contribution in [0.5, 0.6) is 5.75 Å². The minimum absolute atomic E-state index is 0.144. The number of amides is 1. The van der Waals surface area contributed by atoms with Crippen LogP contribution in [0.1, 0.15) is 18.5 Å². The lowest BCUT2D eigenvalue weighted by atomic mass is 10.0. The average molecular weight is 492 g/mol. The van der Waals surface area contributed by atoms with Crippen molar-refractivity contribution in [2.75, 3.05) is 17.3 Å². The number of anilines is 1. The number of ether oxygens (including phenoxy) is 1. The molecule has 9 heteroatoms. The summed E-state index contributed by atoms with van der Waals surface area (Å²) in [5.41, 5.74) is 6.05. The molecule has 7 nitrogen and oxygen atoms in total. The SMILES string of the molecule is CCOc1ccc([C@H]2Nn3c(nnc3-c3ccccc3)S[C@H]2C(=O)Nc2ccc(Cl)cc2)cc1. The highest BCUT2D eigenvalue weighted by molar-refractivity contribution is 8.00. The summed E-state index contributed by atoms with van der Waals surface area (Å²) in [7, 11) is 0. The molecule has 0 fully saturated rings. The van der Waals surface area contributed by atoms with E-state index in [4.69, 9.17) is 16.3 Å². The predicted octanol–water partition coefficient (Wildman–Crippen LogP) is 5.40. The topological polar surface area (TPSA) is 81.1 Å². The first-order valence-electron chi connectivity index (χ1n) is 10.9. The van der Waals surface area contributed by atoms with Crippen LogP contribution in [0, 0.1) is 0 Å². The minimum atomic E-state index is -0.492. The molecule has 172 valence electrons. The summed E-state index contributed by atoms with van der Waals surface area (Å²) in [5.74, 6) is 1.33. The summed E-state index contributed by atoms with van der Waals surface area (Å²) in [6.45, 7) is 2.54. The number of fused-ring (bicyclic) bond motifs is 1. The van der Waals surface area contributed by atoms with Crippen LogP contribution in [0.3, 0.4) is 0 Å². The largest absolute Gasteiger partial charge is 0.494 e. The number of aromatic nitrogens is 3. The lowest BCUT2D eigenvalue weighted by Crippen LogP contribution is -2.41. The van der Waals surface area contributed by atoms with Crippen molar-refractivity contribution in [3.8, 4) is 17.1 Å². The number of carbonyl (C=O) groups excluding carboxylic acids is 1. The minimum Gasteiger partial charge on any atom is -0.494 e. The molecule has 3 aromatic carbocycles. The maximum Gasteiger partial charge on any atom is 0.240 e. The Morgan fingerprint density at radius 3 is 2.50 bits per heavy atom. The number of carbonyl (C=O) groups is 1. The molecule has 0 saturated carbocycles. The van der Waals surface area contributed by atoms with E-state index in [-0.39, 0.29) is 11.9 Å². The number of nitrogens with one attached hydrogen (secondary N) is 2. The van der Waals surface area contributed by atoms with Gasteiger partial charge in [0, 0.05) is 16.3 Å². The van der Waals surface area contributed by atoms with Crippen LogP contribution < -0.4 is 15.5 Å². The molecule has 1 amide bonds. The standard InChI is InChI=1S/C25H22ClN5O2S/c1-2-33-20-14-8-16(9-15-20)21-22(24(32)27-19-12-10-18(26)11-13-19)34-25-29-28-23(31(25)30-21)17-6-4-3-5-7-17/h3-15,21-22,30H,2H2,1H3,(H,27,32)/t21-,22-/m1/s1. The van der Waals surface area contributed by atoms with Crippen molar-refractivity contribution in [1.82, 2.24) is 14.9 Å². The summed E-state index contributed by atoms with van der Waals surface area (Å²) in [5, 5.41) is 12.5. The van der Waals surface area contributed by atoms with E-state index in [1.165, 1.54) is 11.8 Å². The van der Waals surface area contributed by atoms with Gasteiger partial charge in [0.2, 0.25) is 11.1 Å².